The second-order valence-electron chi connectivity index (χ2n) is 3.62. The van der Waals surface area contributed by atoms with Crippen LogP contribution in [0, 0.1) is 5.82 Å². The highest BCUT2D eigenvalue weighted by Gasteiger charge is 2.06. The molecule has 18 heavy (non-hydrogen) atoms. The summed E-state index contributed by atoms with van der Waals surface area (Å²) in [6.45, 7) is 0.395. The summed E-state index contributed by atoms with van der Waals surface area (Å²) in [4.78, 5) is 15.3. The maximum absolute atomic E-state index is 13.0. The molecule has 0 radical (unpaired) electrons. The Morgan fingerprint density at radius 1 is 1.50 bits per heavy atom. The molecule has 7 heteroatoms. The third-order valence-electron chi connectivity index (χ3n) is 2.27. The molecule has 1 aromatic carbocycles. The van der Waals surface area contributed by atoms with Crippen LogP contribution in [0.15, 0.2) is 30.9 Å². The van der Waals surface area contributed by atoms with Gasteiger partial charge in [0.15, 0.2) is 11.6 Å². The molecule has 1 heterocycles. The zero-order valence-electron chi connectivity index (χ0n) is 9.38. The Labute approximate surface area is 102 Å². The first-order valence-corrected chi connectivity index (χ1v) is 5.26. The zero-order valence-corrected chi connectivity index (χ0v) is 9.38. The van der Waals surface area contributed by atoms with Gasteiger partial charge in [0.2, 0.25) is 5.91 Å². The molecule has 6 nitrogen and oxygen atoms in total. The number of phenolic OH excluding ortho intramolecular Hbond substituents is 1. The number of phenols is 1. The topological polar surface area (TPSA) is 80.0 Å². The third kappa shape index (κ3) is 3.03. The minimum absolute atomic E-state index is 0.200. The lowest BCUT2D eigenvalue weighted by Crippen LogP contribution is -2.14. The fraction of sp³-hybridized carbons (Fsp3) is 0.182. The van der Waals surface area contributed by atoms with Crippen LogP contribution < -0.4 is 5.32 Å². The van der Waals surface area contributed by atoms with Crippen LogP contribution in [0.25, 0.3) is 0 Å². The molecule has 0 saturated heterocycles. The normalized spacial score (nSPS) is 10.3. The number of aryl methyl sites for hydroxylation is 1. The van der Waals surface area contributed by atoms with Gasteiger partial charge in [-0.05, 0) is 12.1 Å². The van der Waals surface area contributed by atoms with Crippen molar-refractivity contribution in [3.8, 4) is 5.75 Å². The molecule has 0 saturated carbocycles. The predicted octanol–water partition coefficient (Wildman–Crippen LogP) is 1.15. The van der Waals surface area contributed by atoms with Crippen LogP contribution in [-0.4, -0.2) is 25.8 Å². The largest absolute Gasteiger partial charge is 0.505 e. The number of carbonyl (C=O) groups is 1. The maximum atomic E-state index is 13.0. The van der Waals surface area contributed by atoms with Gasteiger partial charge in [0.25, 0.3) is 0 Å². The summed E-state index contributed by atoms with van der Waals surface area (Å²) in [5, 5.41) is 15.4. The molecule has 2 N–H and O–H groups in total. The standard InChI is InChI=1S/C11H11FN4O2/c12-9-5-8(1-2-10(9)17)15-11(18)3-4-16-7-13-6-14-16/h1-2,5-7,17H,3-4H2,(H,15,18). The minimum atomic E-state index is -0.774. The highest BCUT2D eigenvalue weighted by molar-refractivity contribution is 5.90. The fourth-order valence-corrected chi connectivity index (χ4v) is 1.37. The summed E-state index contributed by atoms with van der Waals surface area (Å²) in [6.07, 6.45) is 3.09. The monoisotopic (exact) mass is 250 g/mol. The van der Waals surface area contributed by atoms with Gasteiger partial charge < -0.3 is 10.4 Å². The number of anilines is 1. The van der Waals surface area contributed by atoms with Crippen molar-refractivity contribution in [2.75, 3.05) is 5.32 Å². The van der Waals surface area contributed by atoms with Gasteiger partial charge in [-0.2, -0.15) is 5.10 Å². The van der Waals surface area contributed by atoms with E-state index in [9.17, 15) is 9.18 Å². The van der Waals surface area contributed by atoms with Gasteiger partial charge in [0, 0.05) is 18.2 Å². The van der Waals surface area contributed by atoms with E-state index in [4.69, 9.17) is 5.11 Å². The van der Waals surface area contributed by atoms with Crippen molar-refractivity contribution in [3.63, 3.8) is 0 Å². The zero-order chi connectivity index (χ0) is 13.0. The highest BCUT2D eigenvalue weighted by Crippen LogP contribution is 2.19. The summed E-state index contributed by atoms with van der Waals surface area (Å²) >= 11 is 0. The van der Waals surface area contributed by atoms with Crippen LogP contribution in [0.3, 0.4) is 0 Å². The molecule has 0 spiro atoms. The predicted molar refractivity (Wildman–Crippen MR) is 61.3 cm³/mol. The number of halogens is 1. The Hall–Kier alpha value is -2.44. The molecule has 0 aliphatic heterocycles. The van der Waals surface area contributed by atoms with Crippen LogP contribution in [0.1, 0.15) is 6.42 Å². The van der Waals surface area contributed by atoms with Crippen LogP contribution in [0.5, 0.6) is 5.75 Å². The van der Waals surface area contributed by atoms with E-state index in [0.29, 0.717) is 12.2 Å². The van der Waals surface area contributed by atoms with Crippen LogP contribution in [0.4, 0.5) is 10.1 Å². The molecular formula is C11H11FN4O2. The molecule has 0 aliphatic carbocycles. The van der Waals surface area contributed by atoms with Crippen molar-refractivity contribution < 1.29 is 14.3 Å². The van der Waals surface area contributed by atoms with Gasteiger partial charge in [0.05, 0.1) is 6.54 Å². The highest BCUT2D eigenvalue weighted by atomic mass is 19.1. The van der Waals surface area contributed by atoms with Gasteiger partial charge in [-0.25, -0.2) is 9.37 Å². The second kappa shape index (κ2) is 5.26. The number of nitrogens with one attached hydrogen (secondary N) is 1. The van der Waals surface area contributed by atoms with E-state index in [1.807, 2.05) is 0 Å². The molecule has 1 amide bonds. The minimum Gasteiger partial charge on any atom is -0.505 e. The third-order valence-corrected chi connectivity index (χ3v) is 2.27. The van der Waals surface area contributed by atoms with Gasteiger partial charge in [-0.3, -0.25) is 9.48 Å². The van der Waals surface area contributed by atoms with Crippen LogP contribution >= 0.6 is 0 Å². The lowest BCUT2D eigenvalue weighted by Gasteiger charge is -2.05. The van der Waals surface area contributed by atoms with Crippen molar-refractivity contribution in [3.05, 3.63) is 36.7 Å². The van der Waals surface area contributed by atoms with E-state index in [1.165, 1.54) is 29.5 Å². The van der Waals surface area contributed by atoms with E-state index < -0.39 is 11.6 Å². The number of benzene rings is 1. The average molecular weight is 250 g/mol. The summed E-state index contributed by atoms with van der Waals surface area (Å²) in [6, 6.07) is 3.66. The van der Waals surface area contributed by atoms with E-state index in [1.54, 1.807) is 0 Å². The Kier molecular flexibility index (Phi) is 3.52. The lowest BCUT2D eigenvalue weighted by atomic mass is 10.2. The van der Waals surface area contributed by atoms with Crippen molar-refractivity contribution in [1.29, 1.82) is 0 Å². The van der Waals surface area contributed by atoms with Crippen molar-refractivity contribution in [2.45, 2.75) is 13.0 Å². The Morgan fingerprint density at radius 2 is 2.33 bits per heavy atom. The fourth-order valence-electron chi connectivity index (χ4n) is 1.37. The molecule has 1 aromatic heterocycles. The van der Waals surface area contributed by atoms with E-state index in [-0.39, 0.29) is 12.3 Å². The Bertz CT molecular complexity index is 542. The van der Waals surface area contributed by atoms with Gasteiger partial charge in [-0.1, -0.05) is 0 Å². The summed E-state index contributed by atoms with van der Waals surface area (Å²) in [7, 11) is 0. The van der Waals surface area contributed by atoms with Crippen molar-refractivity contribution >= 4 is 11.6 Å². The maximum Gasteiger partial charge on any atom is 0.226 e. The molecule has 94 valence electrons. The molecule has 0 unspecified atom stereocenters. The Balaban J connectivity index is 1.88. The first kappa shape index (κ1) is 12.0. The van der Waals surface area contributed by atoms with Gasteiger partial charge in [-0.15, -0.1) is 0 Å². The number of nitrogens with zero attached hydrogens (tertiary/aromatic N) is 3. The molecular weight excluding hydrogens is 239 g/mol. The van der Waals surface area contributed by atoms with Crippen LogP contribution in [0.2, 0.25) is 0 Å². The van der Waals surface area contributed by atoms with E-state index >= 15 is 0 Å². The van der Waals surface area contributed by atoms with Crippen LogP contribution in [-0.2, 0) is 11.3 Å². The van der Waals surface area contributed by atoms with Gasteiger partial charge in [0.1, 0.15) is 12.7 Å². The summed E-state index contributed by atoms with van der Waals surface area (Å²) in [5.41, 5.74) is 0.300. The van der Waals surface area contributed by atoms with Gasteiger partial charge >= 0.3 is 0 Å². The average Bonchev–Trinajstić information content (AvgIpc) is 2.84. The molecule has 0 bridgehead atoms. The second-order valence-corrected chi connectivity index (χ2v) is 3.62. The number of aromatic hydroxyl groups is 1. The molecule has 0 aliphatic rings. The van der Waals surface area contributed by atoms with E-state index in [2.05, 4.69) is 15.4 Å². The van der Waals surface area contributed by atoms with Crippen molar-refractivity contribution in [2.24, 2.45) is 0 Å². The Morgan fingerprint density at radius 3 is 3.00 bits per heavy atom. The smallest absolute Gasteiger partial charge is 0.226 e. The first-order valence-electron chi connectivity index (χ1n) is 5.26. The number of carbonyl (C=O) groups excluding carboxylic acids is 1. The number of aromatic nitrogens is 3. The summed E-state index contributed by atoms with van der Waals surface area (Å²) < 4.78 is 14.5. The number of hydrogen-bond acceptors (Lipinski definition) is 4. The number of amides is 1. The first-order chi connectivity index (χ1) is 8.65. The van der Waals surface area contributed by atoms with Crippen molar-refractivity contribution in [1.82, 2.24) is 14.8 Å². The van der Waals surface area contributed by atoms with E-state index in [0.717, 1.165) is 6.07 Å². The quantitative estimate of drug-likeness (QED) is 0.798. The lowest BCUT2D eigenvalue weighted by molar-refractivity contribution is -0.116. The SMILES string of the molecule is O=C(CCn1cncn1)Nc1ccc(O)c(F)c1. The molecule has 2 aromatic rings. The molecule has 0 fully saturated rings. The number of rotatable bonds is 4. The number of hydrogen-bond donors (Lipinski definition) is 2. The molecule has 2 rings (SSSR count). The molecule has 0 atom stereocenters. The summed E-state index contributed by atoms with van der Waals surface area (Å²) in [5.74, 6) is -1.49.